The van der Waals surface area contributed by atoms with Gasteiger partial charge in [0.05, 0.1) is 17.3 Å². The molecule has 0 bridgehead atoms. The number of hydrogen-bond acceptors (Lipinski definition) is 4. The van der Waals surface area contributed by atoms with E-state index in [1.165, 1.54) is 43.2 Å². The monoisotopic (exact) mass is 346 g/mol. The van der Waals surface area contributed by atoms with Gasteiger partial charge in [0.1, 0.15) is 6.33 Å². The molecular formula is C20H22N6. The molecule has 3 aromatic heterocycles. The number of benzene rings is 1. The summed E-state index contributed by atoms with van der Waals surface area (Å²) < 4.78 is 3.69. The van der Waals surface area contributed by atoms with Gasteiger partial charge < -0.3 is 0 Å². The molecule has 1 aliphatic rings. The lowest BCUT2D eigenvalue weighted by atomic mass is 9.89. The van der Waals surface area contributed by atoms with Crippen LogP contribution in [0.1, 0.15) is 55.0 Å². The van der Waals surface area contributed by atoms with E-state index in [0.29, 0.717) is 5.92 Å². The standard InChI is InChI=1S/C20H22N6/c1-13-8-9-16(10-14(13)2)26-19-17(11-22-26)20-23-18(24-25(20)12-21-19)15-6-4-3-5-7-15/h8-12,15H,3-7H2,1-2H3. The Morgan fingerprint density at radius 1 is 1.00 bits per heavy atom. The van der Waals surface area contributed by atoms with Crippen molar-refractivity contribution < 1.29 is 0 Å². The van der Waals surface area contributed by atoms with Crippen molar-refractivity contribution in [2.75, 3.05) is 0 Å². The maximum Gasteiger partial charge on any atom is 0.170 e. The van der Waals surface area contributed by atoms with Crippen LogP contribution in [0.2, 0.25) is 0 Å². The molecule has 0 atom stereocenters. The number of hydrogen-bond donors (Lipinski definition) is 0. The quantitative estimate of drug-likeness (QED) is 0.547. The van der Waals surface area contributed by atoms with Crippen LogP contribution in [0.15, 0.2) is 30.7 Å². The van der Waals surface area contributed by atoms with E-state index >= 15 is 0 Å². The minimum absolute atomic E-state index is 0.480. The molecule has 1 aromatic carbocycles. The van der Waals surface area contributed by atoms with Crippen LogP contribution >= 0.6 is 0 Å². The van der Waals surface area contributed by atoms with Crippen molar-refractivity contribution in [1.29, 1.82) is 0 Å². The molecule has 0 radical (unpaired) electrons. The SMILES string of the molecule is Cc1ccc(-n2ncc3c2ncn2nc(C4CCCCC4)nc32)cc1C. The second kappa shape index (κ2) is 5.90. The van der Waals surface area contributed by atoms with Crippen molar-refractivity contribution in [1.82, 2.24) is 29.4 Å². The van der Waals surface area contributed by atoms with Gasteiger partial charge >= 0.3 is 0 Å². The lowest BCUT2D eigenvalue weighted by Gasteiger charge is -2.17. The topological polar surface area (TPSA) is 60.9 Å². The molecule has 6 nitrogen and oxygen atoms in total. The molecule has 1 fully saturated rings. The first kappa shape index (κ1) is 15.5. The second-order valence-electron chi connectivity index (χ2n) is 7.38. The van der Waals surface area contributed by atoms with E-state index in [1.54, 1.807) is 10.8 Å². The smallest absolute Gasteiger partial charge is 0.170 e. The van der Waals surface area contributed by atoms with Crippen molar-refractivity contribution in [2.24, 2.45) is 0 Å². The summed E-state index contributed by atoms with van der Waals surface area (Å²) in [4.78, 5) is 9.48. The van der Waals surface area contributed by atoms with E-state index in [1.807, 2.05) is 10.9 Å². The predicted octanol–water partition coefficient (Wildman–Crippen LogP) is 4.13. The van der Waals surface area contributed by atoms with Gasteiger partial charge in [-0.3, -0.25) is 0 Å². The summed E-state index contributed by atoms with van der Waals surface area (Å²) in [6.07, 6.45) is 9.88. The third-order valence-corrected chi connectivity index (χ3v) is 5.63. The lowest BCUT2D eigenvalue weighted by molar-refractivity contribution is 0.429. The van der Waals surface area contributed by atoms with E-state index in [0.717, 1.165) is 28.2 Å². The fourth-order valence-corrected chi connectivity index (χ4v) is 3.92. The number of rotatable bonds is 2. The van der Waals surface area contributed by atoms with Gasteiger partial charge in [-0.25, -0.2) is 19.2 Å². The Bertz CT molecular complexity index is 1100. The summed E-state index contributed by atoms with van der Waals surface area (Å²) in [7, 11) is 0. The van der Waals surface area contributed by atoms with Gasteiger partial charge in [0.15, 0.2) is 17.1 Å². The molecular weight excluding hydrogens is 324 g/mol. The Morgan fingerprint density at radius 2 is 1.85 bits per heavy atom. The molecule has 4 aromatic rings. The minimum Gasteiger partial charge on any atom is -0.216 e. The molecule has 1 aliphatic carbocycles. The van der Waals surface area contributed by atoms with Crippen LogP contribution in [0.4, 0.5) is 0 Å². The minimum atomic E-state index is 0.480. The maximum atomic E-state index is 4.86. The van der Waals surface area contributed by atoms with E-state index in [-0.39, 0.29) is 0 Å². The van der Waals surface area contributed by atoms with Gasteiger partial charge in [-0.2, -0.15) is 5.10 Å². The Kier molecular flexibility index (Phi) is 3.51. The molecule has 0 unspecified atom stereocenters. The van der Waals surface area contributed by atoms with E-state index in [9.17, 15) is 0 Å². The normalized spacial score (nSPS) is 15.9. The molecule has 0 amide bonds. The van der Waals surface area contributed by atoms with Crippen LogP contribution in [-0.2, 0) is 0 Å². The van der Waals surface area contributed by atoms with Gasteiger partial charge in [-0.1, -0.05) is 25.3 Å². The zero-order valence-corrected chi connectivity index (χ0v) is 15.2. The summed E-state index contributed by atoms with van der Waals surface area (Å²) in [6, 6.07) is 6.35. The molecule has 3 heterocycles. The fourth-order valence-electron chi connectivity index (χ4n) is 3.92. The van der Waals surface area contributed by atoms with E-state index in [2.05, 4.69) is 42.1 Å². The summed E-state index contributed by atoms with van der Waals surface area (Å²) in [6.45, 7) is 4.23. The highest BCUT2D eigenvalue weighted by atomic mass is 15.3. The molecule has 0 aliphatic heterocycles. The van der Waals surface area contributed by atoms with Crippen molar-refractivity contribution in [3.05, 3.63) is 47.7 Å². The third-order valence-electron chi connectivity index (χ3n) is 5.63. The van der Waals surface area contributed by atoms with Gasteiger partial charge in [0.25, 0.3) is 0 Å². The fraction of sp³-hybridized carbons (Fsp3) is 0.400. The summed E-state index contributed by atoms with van der Waals surface area (Å²) >= 11 is 0. The van der Waals surface area contributed by atoms with Crippen LogP contribution in [0, 0.1) is 13.8 Å². The number of aromatic nitrogens is 6. The Balaban J connectivity index is 1.63. The molecule has 0 spiro atoms. The van der Waals surface area contributed by atoms with Gasteiger partial charge in [-0.05, 0) is 49.9 Å². The van der Waals surface area contributed by atoms with Gasteiger partial charge in [-0.15, -0.1) is 5.10 Å². The van der Waals surface area contributed by atoms with Crippen molar-refractivity contribution in [2.45, 2.75) is 51.9 Å². The first-order valence-electron chi connectivity index (χ1n) is 9.37. The number of nitrogens with zero attached hydrogens (tertiary/aromatic N) is 6. The van der Waals surface area contributed by atoms with E-state index in [4.69, 9.17) is 10.1 Å². The van der Waals surface area contributed by atoms with Crippen LogP contribution in [0.3, 0.4) is 0 Å². The van der Waals surface area contributed by atoms with Crippen LogP contribution < -0.4 is 0 Å². The first-order valence-corrected chi connectivity index (χ1v) is 9.37. The van der Waals surface area contributed by atoms with E-state index < -0.39 is 0 Å². The zero-order chi connectivity index (χ0) is 17.7. The van der Waals surface area contributed by atoms with Crippen LogP contribution in [-0.4, -0.2) is 29.4 Å². The average Bonchev–Trinajstić information content (AvgIpc) is 3.28. The van der Waals surface area contributed by atoms with Crippen LogP contribution in [0.5, 0.6) is 0 Å². The van der Waals surface area contributed by atoms with Crippen LogP contribution in [0.25, 0.3) is 22.4 Å². The Hall–Kier alpha value is -2.76. The zero-order valence-electron chi connectivity index (χ0n) is 15.2. The van der Waals surface area contributed by atoms with Crippen molar-refractivity contribution in [3.63, 3.8) is 0 Å². The molecule has 0 N–H and O–H groups in total. The first-order chi connectivity index (χ1) is 12.7. The Labute approximate surface area is 151 Å². The van der Waals surface area contributed by atoms with Crippen molar-refractivity contribution >= 4 is 16.7 Å². The molecule has 1 saturated carbocycles. The maximum absolute atomic E-state index is 4.86. The van der Waals surface area contributed by atoms with Gasteiger partial charge in [0, 0.05) is 5.92 Å². The molecule has 0 saturated heterocycles. The number of aryl methyl sites for hydroxylation is 2. The second-order valence-corrected chi connectivity index (χ2v) is 7.38. The summed E-state index contributed by atoms with van der Waals surface area (Å²) in [5, 5.41) is 10.2. The van der Waals surface area contributed by atoms with Gasteiger partial charge in [0.2, 0.25) is 0 Å². The molecule has 5 rings (SSSR count). The predicted molar refractivity (Wildman–Crippen MR) is 101 cm³/mol. The molecule has 6 heteroatoms. The highest BCUT2D eigenvalue weighted by Crippen LogP contribution is 2.31. The van der Waals surface area contributed by atoms with Crippen molar-refractivity contribution in [3.8, 4) is 5.69 Å². The number of fused-ring (bicyclic) bond motifs is 3. The lowest BCUT2D eigenvalue weighted by Crippen LogP contribution is -2.06. The highest BCUT2D eigenvalue weighted by Gasteiger charge is 2.21. The molecule has 26 heavy (non-hydrogen) atoms. The Morgan fingerprint density at radius 3 is 2.65 bits per heavy atom. The summed E-state index contributed by atoms with van der Waals surface area (Å²) in [5.74, 6) is 1.44. The highest BCUT2D eigenvalue weighted by molar-refractivity contribution is 5.89. The third kappa shape index (κ3) is 2.40. The summed E-state index contributed by atoms with van der Waals surface area (Å²) in [5.41, 5.74) is 5.21. The largest absolute Gasteiger partial charge is 0.216 e. The molecule has 132 valence electrons. The average molecular weight is 346 g/mol.